The smallest absolute Gasteiger partial charge is 0.320 e. The van der Waals surface area contributed by atoms with Gasteiger partial charge in [0.05, 0.1) is 0 Å². The van der Waals surface area contributed by atoms with Crippen LogP contribution in [-0.4, -0.2) is 29.5 Å². The normalized spacial score (nSPS) is 18.8. The number of esters is 1. The van der Waals surface area contributed by atoms with Crippen LogP contribution < -0.4 is 5.32 Å². The summed E-state index contributed by atoms with van der Waals surface area (Å²) in [5, 5.41) is 3.35. The third kappa shape index (κ3) is 6.13. The molecule has 1 atom stereocenters. The van der Waals surface area contributed by atoms with Crippen molar-refractivity contribution in [1.82, 2.24) is 5.32 Å². The lowest BCUT2D eigenvalue weighted by Crippen LogP contribution is -2.43. The van der Waals surface area contributed by atoms with Crippen molar-refractivity contribution in [1.29, 1.82) is 0 Å². The van der Waals surface area contributed by atoms with Gasteiger partial charge in [0.1, 0.15) is 10.4 Å². The first-order valence-electron chi connectivity index (χ1n) is 8.05. The van der Waals surface area contributed by atoms with Gasteiger partial charge in [0.15, 0.2) is 0 Å². The van der Waals surface area contributed by atoms with E-state index in [1.165, 1.54) is 19.3 Å². The zero-order valence-corrected chi connectivity index (χ0v) is 14.8. The first-order chi connectivity index (χ1) is 9.47. The van der Waals surface area contributed by atoms with E-state index in [1.54, 1.807) is 0 Å². The topological polar surface area (TPSA) is 38.3 Å². The first kappa shape index (κ1) is 18.0. The van der Waals surface area contributed by atoms with Gasteiger partial charge in [-0.05, 0) is 46.2 Å². The van der Waals surface area contributed by atoms with Crippen LogP contribution in [0.2, 0.25) is 0 Å². The molecule has 1 unspecified atom stereocenters. The molecule has 118 valence electrons. The summed E-state index contributed by atoms with van der Waals surface area (Å²) < 4.78 is 5.78. The SMILES string of the molecule is CCCCCCC(Br)C(=O)OC(C)(C)C1CCNCC1. The van der Waals surface area contributed by atoms with E-state index >= 15 is 0 Å². The maximum Gasteiger partial charge on any atom is 0.320 e. The molecule has 1 N–H and O–H groups in total. The molecule has 1 rings (SSSR count). The molecule has 0 aromatic heterocycles. The van der Waals surface area contributed by atoms with Crippen LogP contribution in [0.25, 0.3) is 0 Å². The van der Waals surface area contributed by atoms with Crippen molar-refractivity contribution in [2.45, 2.75) is 76.1 Å². The number of piperidine rings is 1. The lowest BCUT2D eigenvalue weighted by Gasteiger charge is -2.37. The summed E-state index contributed by atoms with van der Waals surface area (Å²) in [5.74, 6) is 0.373. The van der Waals surface area contributed by atoms with Gasteiger partial charge in [-0.3, -0.25) is 4.79 Å². The summed E-state index contributed by atoms with van der Waals surface area (Å²) in [6, 6.07) is 0. The maximum atomic E-state index is 12.2. The first-order valence-corrected chi connectivity index (χ1v) is 8.96. The molecule has 0 bridgehead atoms. The molecule has 0 amide bonds. The molecule has 1 fully saturated rings. The number of hydrogen-bond acceptors (Lipinski definition) is 3. The van der Waals surface area contributed by atoms with Gasteiger partial charge < -0.3 is 10.1 Å². The lowest BCUT2D eigenvalue weighted by atomic mass is 9.83. The Labute approximate surface area is 132 Å². The number of hydrogen-bond donors (Lipinski definition) is 1. The largest absolute Gasteiger partial charge is 0.459 e. The third-order valence-electron chi connectivity index (χ3n) is 4.25. The van der Waals surface area contributed by atoms with Gasteiger partial charge in [-0.1, -0.05) is 48.5 Å². The summed E-state index contributed by atoms with van der Waals surface area (Å²) in [4.78, 5) is 12.0. The Morgan fingerprint density at radius 2 is 1.95 bits per heavy atom. The van der Waals surface area contributed by atoms with E-state index in [9.17, 15) is 4.79 Å². The monoisotopic (exact) mass is 347 g/mol. The highest BCUT2D eigenvalue weighted by atomic mass is 79.9. The van der Waals surface area contributed by atoms with Crippen LogP contribution in [-0.2, 0) is 9.53 Å². The van der Waals surface area contributed by atoms with Crippen LogP contribution >= 0.6 is 15.9 Å². The summed E-state index contributed by atoms with van der Waals surface area (Å²) in [6.07, 6.45) is 7.81. The van der Waals surface area contributed by atoms with E-state index in [2.05, 4.69) is 42.0 Å². The van der Waals surface area contributed by atoms with Crippen molar-refractivity contribution in [3.8, 4) is 0 Å². The molecular formula is C16H30BrNO2. The van der Waals surface area contributed by atoms with E-state index in [0.717, 1.165) is 38.8 Å². The van der Waals surface area contributed by atoms with Crippen molar-refractivity contribution in [3.05, 3.63) is 0 Å². The molecule has 1 heterocycles. The fraction of sp³-hybridized carbons (Fsp3) is 0.938. The van der Waals surface area contributed by atoms with Gasteiger partial charge in [0.25, 0.3) is 0 Å². The molecule has 1 aliphatic heterocycles. The molecule has 0 spiro atoms. The standard InChI is InChI=1S/C16H30BrNO2/c1-4-5-6-7-8-14(17)15(19)20-16(2,3)13-9-11-18-12-10-13/h13-14,18H,4-12H2,1-3H3. The zero-order valence-electron chi connectivity index (χ0n) is 13.2. The number of rotatable bonds is 8. The summed E-state index contributed by atoms with van der Waals surface area (Å²) >= 11 is 3.49. The predicted molar refractivity (Wildman–Crippen MR) is 87.2 cm³/mol. The van der Waals surface area contributed by atoms with E-state index in [4.69, 9.17) is 4.74 Å². The Balaban J connectivity index is 2.34. The van der Waals surface area contributed by atoms with E-state index in [1.807, 2.05) is 0 Å². The minimum atomic E-state index is -0.353. The molecule has 3 nitrogen and oxygen atoms in total. The van der Waals surface area contributed by atoms with Crippen LogP contribution in [0.1, 0.15) is 65.7 Å². The number of unbranched alkanes of at least 4 members (excludes halogenated alkanes) is 3. The van der Waals surface area contributed by atoms with Crippen molar-refractivity contribution < 1.29 is 9.53 Å². The van der Waals surface area contributed by atoms with Gasteiger partial charge in [-0.15, -0.1) is 0 Å². The van der Waals surface area contributed by atoms with Gasteiger partial charge in [-0.25, -0.2) is 0 Å². The van der Waals surface area contributed by atoms with Crippen molar-refractivity contribution in [2.75, 3.05) is 13.1 Å². The molecular weight excluding hydrogens is 318 g/mol. The molecule has 0 aliphatic carbocycles. The predicted octanol–water partition coefficient (Wildman–Crippen LogP) is 4.04. The maximum absolute atomic E-state index is 12.2. The molecule has 1 aliphatic rings. The fourth-order valence-corrected chi connectivity index (χ4v) is 3.21. The zero-order chi connectivity index (χ0) is 15.0. The molecule has 4 heteroatoms. The number of ether oxygens (including phenoxy) is 1. The average molecular weight is 348 g/mol. The van der Waals surface area contributed by atoms with Crippen molar-refractivity contribution in [2.24, 2.45) is 5.92 Å². The third-order valence-corrected chi connectivity index (χ3v) is 5.08. The number of carbonyl (C=O) groups is 1. The van der Waals surface area contributed by atoms with Crippen LogP contribution in [0.15, 0.2) is 0 Å². The Kier molecular flexibility index (Phi) is 8.11. The second kappa shape index (κ2) is 9.04. The Morgan fingerprint density at radius 1 is 1.30 bits per heavy atom. The highest BCUT2D eigenvalue weighted by molar-refractivity contribution is 9.10. The summed E-state index contributed by atoms with van der Waals surface area (Å²) in [7, 11) is 0. The van der Waals surface area contributed by atoms with Crippen molar-refractivity contribution in [3.63, 3.8) is 0 Å². The van der Waals surface area contributed by atoms with Gasteiger partial charge in [0.2, 0.25) is 0 Å². The molecule has 0 saturated carbocycles. The highest BCUT2D eigenvalue weighted by Crippen LogP contribution is 2.30. The van der Waals surface area contributed by atoms with Crippen LogP contribution in [0.5, 0.6) is 0 Å². The van der Waals surface area contributed by atoms with Crippen LogP contribution in [0, 0.1) is 5.92 Å². The summed E-state index contributed by atoms with van der Waals surface area (Å²) in [5.41, 5.74) is -0.353. The molecule has 0 radical (unpaired) electrons. The minimum absolute atomic E-state index is 0.0926. The minimum Gasteiger partial charge on any atom is -0.459 e. The quantitative estimate of drug-likeness (QED) is 0.409. The highest BCUT2D eigenvalue weighted by Gasteiger charge is 2.35. The van der Waals surface area contributed by atoms with Gasteiger partial charge in [-0.2, -0.15) is 0 Å². The second-order valence-electron chi connectivity index (χ2n) is 6.37. The van der Waals surface area contributed by atoms with Gasteiger partial charge >= 0.3 is 5.97 Å². The number of alkyl halides is 1. The lowest BCUT2D eigenvalue weighted by molar-refractivity contribution is -0.162. The summed E-state index contributed by atoms with van der Waals surface area (Å²) in [6.45, 7) is 8.36. The van der Waals surface area contributed by atoms with Crippen LogP contribution in [0.4, 0.5) is 0 Å². The Bertz CT molecular complexity index is 288. The molecule has 0 aromatic rings. The van der Waals surface area contributed by atoms with Gasteiger partial charge in [0, 0.05) is 5.92 Å². The average Bonchev–Trinajstić information content (AvgIpc) is 2.44. The Morgan fingerprint density at radius 3 is 2.55 bits per heavy atom. The number of carbonyl (C=O) groups excluding carboxylic acids is 1. The number of nitrogens with one attached hydrogen (secondary N) is 1. The van der Waals surface area contributed by atoms with Crippen molar-refractivity contribution >= 4 is 21.9 Å². The molecule has 0 aromatic carbocycles. The van der Waals surface area contributed by atoms with E-state index in [0.29, 0.717) is 5.92 Å². The Hall–Kier alpha value is -0.0900. The van der Waals surface area contributed by atoms with E-state index in [-0.39, 0.29) is 16.4 Å². The van der Waals surface area contributed by atoms with Crippen LogP contribution in [0.3, 0.4) is 0 Å². The molecule has 20 heavy (non-hydrogen) atoms. The van der Waals surface area contributed by atoms with E-state index < -0.39 is 0 Å². The second-order valence-corrected chi connectivity index (χ2v) is 7.47. The molecule has 1 saturated heterocycles. The number of halogens is 1. The fourth-order valence-electron chi connectivity index (χ4n) is 2.79.